The van der Waals surface area contributed by atoms with E-state index in [4.69, 9.17) is 16.3 Å². The molecule has 7 heteroatoms. The molecule has 0 heterocycles. The molecule has 1 atom stereocenters. The monoisotopic (exact) mass is 334 g/mol. The third kappa shape index (κ3) is 5.92. The van der Waals surface area contributed by atoms with E-state index in [-0.39, 0.29) is 10.9 Å². The first-order chi connectivity index (χ1) is 9.76. The van der Waals surface area contributed by atoms with Gasteiger partial charge in [-0.2, -0.15) is 0 Å². The van der Waals surface area contributed by atoms with Crippen molar-refractivity contribution in [3.63, 3.8) is 0 Å². The minimum Gasteiger partial charge on any atom is -0.383 e. The second-order valence-electron chi connectivity index (χ2n) is 5.27. The van der Waals surface area contributed by atoms with Crippen LogP contribution in [-0.4, -0.2) is 34.2 Å². The van der Waals surface area contributed by atoms with Crippen LogP contribution < -0.4 is 10.0 Å². The van der Waals surface area contributed by atoms with Crippen LogP contribution >= 0.6 is 11.6 Å². The zero-order valence-corrected chi connectivity index (χ0v) is 14.4. The first-order valence-corrected chi connectivity index (χ1v) is 8.65. The summed E-state index contributed by atoms with van der Waals surface area (Å²) in [6, 6.07) is 4.70. The van der Waals surface area contributed by atoms with Crippen molar-refractivity contribution in [3.05, 3.63) is 28.8 Å². The highest BCUT2D eigenvalue weighted by Crippen LogP contribution is 2.20. The Hall–Kier alpha value is -0.660. The lowest BCUT2D eigenvalue weighted by molar-refractivity contribution is 0.180. The molecule has 21 heavy (non-hydrogen) atoms. The van der Waals surface area contributed by atoms with E-state index in [1.807, 2.05) is 13.8 Å². The molecule has 5 nitrogen and oxygen atoms in total. The molecule has 0 amide bonds. The van der Waals surface area contributed by atoms with Crippen LogP contribution in [0, 0.1) is 0 Å². The first-order valence-electron chi connectivity index (χ1n) is 6.79. The van der Waals surface area contributed by atoms with Gasteiger partial charge in [0.25, 0.3) is 0 Å². The van der Waals surface area contributed by atoms with E-state index in [1.165, 1.54) is 13.2 Å². The average molecular weight is 335 g/mol. The summed E-state index contributed by atoms with van der Waals surface area (Å²) in [4.78, 5) is 0.204. The number of hydrogen-bond acceptors (Lipinski definition) is 4. The SMILES string of the molecule is COCC(C)NS(=O)(=O)c1ccc(Cl)c(CNC(C)C)c1. The molecule has 1 aromatic rings. The molecule has 1 rings (SSSR count). The highest BCUT2D eigenvalue weighted by molar-refractivity contribution is 7.89. The lowest BCUT2D eigenvalue weighted by atomic mass is 10.2. The molecule has 0 aromatic heterocycles. The van der Waals surface area contributed by atoms with Crippen molar-refractivity contribution in [2.75, 3.05) is 13.7 Å². The van der Waals surface area contributed by atoms with Crippen molar-refractivity contribution in [1.82, 2.24) is 10.0 Å². The number of methoxy groups -OCH3 is 1. The van der Waals surface area contributed by atoms with Crippen LogP contribution in [0.25, 0.3) is 0 Å². The fourth-order valence-electron chi connectivity index (χ4n) is 1.78. The maximum Gasteiger partial charge on any atom is 0.240 e. The maximum absolute atomic E-state index is 12.3. The number of nitrogens with one attached hydrogen (secondary N) is 2. The van der Waals surface area contributed by atoms with Gasteiger partial charge in [-0.3, -0.25) is 0 Å². The third-order valence-corrected chi connectivity index (χ3v) is 4.76. The van der Waals surface area contributed by atoms with Crippen molar-refractivity contribution in [1.29, 1.82) is 0 Å². The molecule has 0 aliphatic carbocycles. The molecule has 0 fully saturated rings. The van der Waals surface area contributed by atoms with Crippen LogP contribution in [0.2, 0.25) is 5.02 Å². The minimum atomic E-state index is -3.58. The van der Waals surface area contributed by atoms with E-state index in [1.54, 1.807) is 19.1 Å². The van der Waals surface area contributed by atoms with Gasteiger partial charge >= 0.3 is 0 Å². The third-order valence-electron chi connectivity index (χ3n) is 2.80. The van der Waals surface area contributed by atoms with Gasteiger partial charge in [-0.25, -0.2) is 13.1 Å². The summed E-state index contributed by atoms with van der Waals surface area (Å²) >= 11 is 6.11. The largest absolute Gasteiger partial charge is 0.383 e. The molecule has 0 radical (unpaired) electrons. The number of ether oxygens (including phenoxy) is 1. The highest BCUT2D eigenvalue weighted by atomic mass is 35.5. The molecule has 1 aromatic carbocycles. The zero-order valence-electron chi connectivity index (χ0n) is 12.8. The Kier molecular flexibility index (Phi) is 7.09. The standard InChI is InChI=1S/C14H23ClN2O3S/c1-10(2)16-8-12-7-13(5-6-14(12)15)21(18,19)17-11(3)9-20-4/h5-7,10-11,16-17H,8-9H2,1-4H3. The van der Waals surface area contributed by atoms with Crippen LogP contribution in [-0.2, 0) is 21.3 Å². The molecule has 120 valence electrons. The van der Waals surface area contributed by atoms with Crippen molar-refractivity contribution in [2.24, 2.45) is 0 Å². The van der Waals surface area contributed by atoms with Gasteiger partial charge in [0, 0.05) is 30.8 Å². The Labute approximate surface area is 132 Å². The molecular weight excluding hydrogens is 312 g/mol. The van der Waals surface area contributed by atoms with E-state index in [9.17, 15) is 8.42 Å². The summed E-state index contributed by atoms with van der Waals surface area (Å²) < 4.78 is 32.1. The van der Waals surface area contributed by atoms with Crippen molar-refractivity contribution in [2.45, 2.75) is 44.3 Å². The number of benzene rings is 1. The smallest absolute Gasteiger partial charge is 0.240 e. The second kappa shape index (κ2) is 8.10. The molecule has 0 saturated heterocycles. The molecule has 2 N–H and O–H groups in total. The predicted octanol–water partition coefficient (Wildman–Crippen LogP) is 2.15. The van der Waals surface area contributed by atoms with E-state index < -0.39 is 10.0 Å². The Balaban J connectivity index is 2.94. The van der Waals surface area contributed by atoms with Gasteiger partial charge in [-0.05, 0) is 30.7 Å². The van der Waals surface area contributed by atoms with Crippen molar-refractivity contribution >= 4 is 21.6 Å². The predicted molar refractivity (Wildman–Crippen MR) is 85.1 cm³/mol. The molecular formula is C14H23ClN2O3S. The summed E-state index contributed by atoms with van der Waals surface area (Å²) in [5.41, 5.74) is 0.757. The molecule has 1 unspecified atom stereocenters. The van der Waals surface area contributed by atoms with Gasteiger partial charge < -0.3 is 10.1 Å². The van der Waals surface area contributed by atoms with Gasteiger partial charge in [0.2, 0.25) is 10.0 Å². The second-order valence-corrected chi connectivity index (χ2v) is 7.39. The average Bonchev–Trinajstić information content (AvgIpc) is 2.36. The summed E-state index contributed by atoms with van der Waals surface area (Å²) in [6.45, 7) is 6.62. The fourth-order valence-corrected chi connectivity index (χ4v) is 3.25. The molecule has 0 aliphatic heterocycles. The number of hydrogen-bond donors (Lipinski definition) is 2. The topological polar surface area (TPSA) is 67.4 Å². The number of sulfonamides is 1. The van der Waals surface area contributed by atoms with Crippen LogP contribution in [0.15, 0.2) is 23.1 Å². The molecule has 0 saturated carbocycles. The van der Waals surface area contributed by atoms with Crippen molar-refractivity contribution in [3.8, 4) is 0 Å². The Morgan fingerprint density at radius 2 is 1.95 bits per heavy atom. The minimum absolute atomic E-state index is 0.204. The summed E-state index contributed by atoms with van der Waals surface area (Å²) in [5, 5.41) is 3.77. The number of halogens is 1. The molecule has 0 spiro atoms. The molecule has 0 bridgehead atoms. The maximum atomic E-state index is 12.3. The van der Waals surface area contributed by atoms with E-state index >= 15 is 0 Å². The van der Waals surface area contributed by atoms with Gasteiger partial charge in [0.15, 0.2) is 0 Å². The number of rotatable bonds is 8. The summed E-state index contributed by atoms with van der Waals surface area (Å²) in [7, 11) is -2.05. The lowest BCUT2D eigenvalue weighted by Crippen LogP contribution is -2.35. The Morgan fingerprint density at radius 1 is 1.29 bits per heavy atom. The van der Waals surface area contributed by atoms with Crippen LogP contribution in [0.4, 0.5) is 0 Å². The first kappa shape index (κ1) is 18.4. The van der Waals surface area contributed by atoms with Gasteiger partial charge in [0.1, 0.15) is 0 Å². The van der Waals surface area contributed by atoms with Gasteiger partial charge in [-0.1, -0.05) is 25.4 Å². The van der Waals surface area contributed by atoms with Crippen molar-refractivity contribution < 1.29 is 13.2 Å². The molecule has 0 aliphatic rings. The summed E-state index contributed by atoms with van der Waals surface area (Å²) in [5.74, 6) is 0. The van der Waals surface area contributed by atoms with E-state index in [2.05, 4.69) is 10.0 Å². The van der Waals surface area contributed by atoms with Crippen LogP contribution in [0.3, 0.4) is 0 Å². The Bertz CT molecular complexity index is 561. The van der Waals surface area contributed by atoms with Crippen LogP contribution in [0.1, 0.15) is 26.3 Å². The Morgan fingerprint density at radius 3 is 2.52 bits per heavy atom. The highest BCUT2D eigenvalue weighted by Gasteiger charge is 2.18. The lowest BCUT2D eigenvalue weighted by Gasteiger charge is -2.15. The quantitative estimate of drug-likeness (QED) is 0.764. The van der Waals surface area contributed by atoms with E-state index in [0.717, 1.165) is 5.56 Å². The summed E-state index contributed by atoms with van der Waals surface area (Å²) in [6.07, 6.45) is 0. The van der Waals surface area contributed by atoms with Crippen LogP contribution in [0.5, 0.6) is 0 Å². The normalized spacial score (nSPS) is 13.6. The van der Waals surface area contributed by atoms with E-state index in [0.29, 0.717) is 24.2 Å². The van der Waals surface area contributed by atoms with Gasteiger partial charge in [-0.15, -0.1) is 0 Å². The van der Waals surface area contributed by atoms with Gasteiger partial charge in [0.05, 0.1) is 11.5 Å². The fraction of sp³-hybridized carbons (Fsp3) is 0.571. The zero-order chi connectivity index (χ0) is 16.0.